The van der Waals surface area contributed by atoms with Gasteiger partial charge in [-0.25, -0.2) is 9.59 Å². The standard InChI is InChI=1S/C21H23NO7/c1-26-17-9-5-13(11-18(17)27-2)6-10-19(23)22-16-12-14(20(24)28-3)7-8-15(16)21(25)29-4/h5,7-9,11-12H,6,10H2,1-4H3,(H,22,23). The third kappa shape index (κ3) is 5.47. The van der Waals surface area contributed by atoms with Crippen molar-refractivity contribution in [2.75, 3.05) is 33.8 Å². The Bertz CT molecular complexity index is 908. The van der Waals surface area contributed by atoms with Gasteiger partial charge in [0.05, 0.1) is 45.3 Å². The number of rotatable bonds is 8. The van der Waals surface area contributed by atoms with Gasteiger partial charge in [-0.15, -0.1) is 0 Å². The lowest BCUT2D eigenvalue weighted by Gasteiger charge is -2.12. The van der Waals surface area contributed by atoms with E-state index in [9.17, 15) is 14.4 Å². The molecule has 0 aliphatic heterocycles. The summed E-state index contributed by atoms with van der Waals surface area (Å²) >= 11 is 0. The molecule has 0 saturated carbocycles. The van der Waals surface area contributed by atoms with Crippen LogP contribution in [0.25, 0.3) is 0 Å². The van der Waals surface area contributed by atoms with Gasteiger partial charge in [0.25, 0.3) is 0 Å². The largest absolute Gasteiger partial charge is 0.493 e. The van der Waals surface area contributed by atoms with Crippen LogP contribution in [-0.4, -0.2) is 46.3 Å². The van der Waals surface area contributed by atoms with Gasteiger partial charge in [0, 0.05) is 6.42 Å². The number of esters is 2. The molecule has 0 bridgehead atoms. The Hall–Kier alpha value is -3.55. The molecule has 0 aliphatic rings. The van der Waals surface area contributed by atoms with E-state index in [-0.39, 0.29) is 29.1 Å². The highest BCUT2D eigenvalue weighted by molar-refractivity contribution is 6.03. The smallest absolute Gasteiger partial charge is 0.339 e. The van der Waals surface area contributed by atoms with Gasteiger partial charge in [-0.2, -0.15) is 0 Å². The average Bonchev–Trinajstić information content (AvgIpc) is 2.76. The molecule has 0 heterocycles. The van der Waals surface area contributed by atoms with E-state index in [4.69, 9.17) is 14.2 Å². The number of nitrogens with one attached hydrogen (secondary N) is 1. The van der Waals surface area contributed by atoms with Crippen molar-refractivity contribution in [3.05, 3.63) is 53.1 Å². The van der Waals surface area contributed by atoms with Crippen LogP contribution in [0, 0.1) is 0 Å². The van der Waals surface area contributed by atoms with Gasteiger partial charge in [-0.05, 0) is 42.3 Å². The van der Waals surface area contributed by atoms with Crippen molar-refractivity contribution in [1.82, 2.24) is 0 Å². The number of methoxy groups -OCH3 is 4. The summed E-state index contributed by atoms with van der Waals surface area (Å²) < 4.78 is 19.9. The molecular weight excluding hydrogens is 378 g/mol. The van der Waals surface area contributed by atoms with Crippen LogP contribution in [0.2, 0.25) is 0 Å². The minimum absolute atomic E-state index is 0.139. The summed E-state index contributed by atoms with van der Waals surface area (Å²) in [5, 5.41) is 2.66. The third-order valence-corrected chi connectivity index (χ3v) is 4.21. The maximum absolute atomic E-state index is 12.4. The zero-order valence-corrected chi connectivity index (χ0v) is 16.7. The van der Waals surface area contributed by atoms with E-state index in [1.54, 1.807) is 19.2 Å². The van der Waals surface area contributed by atoms with Crippen LogP contribution in [0.5, 0.6) is 11.5 Å². The molecule has 2 aromatic rings. The Labute approximate surface area is 168 Å². The van der Waals surface area contributed by atoms with Crippen LogP contribution in [-0.2, 0) is 20.7 Å². The molecule has 154 valence electrons. The van der Waals surface area contributed by atoms with Crippen LogP contribution in [0.15, 0.2) is 36.4 Å². The summed E-state index contributed by atoms with van der Waals surface area (Å²) in [6.45, 7) is 0. The fraction of sp³-hybridized carbons (Fsp3) is 0.286. The Kier molecular flexibility index (Phi) is 7.59. The molecule has 8 heteroatoms. The molecule has 0 radical (unpaired) electrons. The Morgan fingerprint density at radius 2 is 1.52 bits per heavy atom. The highest BCUT2D eigenvalue weighted by atomic mass is 16.5. The molecule has 2 aromatic carbocycles. The number of amides is 1. The van der Waals surface area contributed by atoms with E-state index < -0.39 is 11.9 Å². The fourth-order valence-electron chi connectivity index (χ4n) is 2.69. The van der Waals surface area contributed by atoms with Gasteiger partial charge in [0.15, 0.2) is 11.5 Å². The van der Waals surface area contributed by atoms with Gasteiger partial charge in [0.2, 0.25) is 5.91 Å². The molecule has 0 aliphatic carbocycles. The van der Waals surface area contributed by atoms with Gasteiger partial charge < -0.3 is 24.3 Å². The number of carbonyl (C=O) groups is 3. The van der Waals surface area contributed by atoms with Crippen molar-refractivity contribution < 1.29 is 33.3 Å². The highest BCUT2D eigenvalue weighted by Gasteiger charge is 2.17. The van der Waals surface area contributed by atoms with E-state index >= 15 is 0 Å². The lowest BCUT2D eigenvalue weighted by atomic mass is 10.1. The molecule has 1 amide bonds. The predicted molar refractivity (Wildman–Crippen MR) is 106 cm³/mol. The van der Waals surface area contributed by atoms with Crippen LogP contribution in [0.3, 0.4) is 0 Å². The van der Waals surface area contributed by atoms with Crippen LogP contribution >= 0.6 is 0 Å². The number of carbonyl (C=O) groups excluding carboxylic acids is 3. The van der Waals surface area contributed by atoms with Crippen LogP contribution in [0.4, 0.5) is 5.69 Å². The molecule has 1 N–H and O–H groups in total. The molecule has 29 heavy (non-hydrogen) atoms. The van der Waals surface area contributed by atoms with Crippen LogP contribution in [0.1, 0.15) is 32.7 Å². The van der Waals surface area contributed by atoms with Gasteiger partial charge >= 0.3 is 11.9 Å². The molecule has 0 saturated heterocycles. The van der Waals surface area contributed by atoms with Crippen molar-refractivity contribution >= 4 is 23.5 Å². The molecule has 0 spiro atoms. The summed E-state index contributed by atoms with van der Waals surface area (Å²) in [7, 11) is 5.57. The number of ether oxygens (including phenoxy) is 4. The van der Waals surface area contributed by atoms with E-state index in [1.165, 1.54) is 39.5 Å². The first-order valence-corrected chi connectivity index (χ1v) is 8.75. The van der Waals surface area contributed by atoms with Crippen molar-refractivity contribution in [3.63, 3.8) is 0 Å². The predicted octanol–water partition coefficient (Wildman–Crippen LogP) is 2.85. The summed E-state index contributed by atoms with van der Waals surface area (Å²) in [4.78, 5) is 36.2. The number of aryl methyl sites for hydroxylation is 1. The van der Waals surface area contributed by atoms with Crippen molar-refractivity contribution in [1.29, 1.82) is 0 Å². The van der Waals surface area contributed by atoms with E-state index in [1.807, 2.05) is 6.07 Å². The number of benzene rings is 2. The highest BCUT2D eigenvalue weighted by Crippen LogP contribution is 2.28. The molecule has 8 nitrogen and oxygen atoms in total. The maximum Gasteiger partial charge on any atom is 0.339 e. The van der Waals surface area contributed by atoms with Crippen molar-refractivity contribution in [2.24, 2.45) is 0 Å². The summed E-state index contributed by atoms with van der Waals surface area (Å²) in [5.74, 6) is -0.363. The second-order valence-electron chi connectivity index (χ2n) is 5.98. The monoisotopic (exact) mass is 401 g/mol. The minimum Gasteiger partial charge on any atom is -0.493 e. The summed E-state index contributed by atoms with van der Waals surface area (Å²) in [6, 6.07) is 9.61. The molecule has 0 fully saturated rings. The Morgan fingerprint density at radius 1 is 0.828 bits per heavy atom. The van der Waals surface area contributed by atoms with Gasteiger partial charge in [-0.1, -0.05) is 6.07 Å². The van der Waals surface area contributed by atoms with E-state index in [0.717, 1.165) is 5.56 Å². The zero-order valence-electron chi connectivity index (χ0n) is 16.7. The lowest BCUT2D eigenvalue weighted by molar-refractivity contribution is -0.116. The first-order valence-electron chi connectivity index (χ1n) is 8.75. The zero-order chi connectivity index (χ0) is 21.4. The van der Waals surface area contributed by atoms with Gasteiger partial charge in [-0.3, -0.25) is 4.79 Å². The Morgan fingerprint density at radius 3 is 2.14 bits per heavy atom. The topological polar surface area (TPSA) is 100 Å². The molecule has 0 unspecified atom stereocenters. The summed E-state index contributed by atoms with van der Waals surface area (Å²) in [6.07, 6.45) is 0.592. The average molecular weight is 401 g/mol. The molecule has 0 atom stereocenters. The van der Waals surface area contributed by atoms with Gasteiger partial charge in [0.1, 0.15) is 0 Å². The normalized spacial score (nSPS) is 10.1. The molecule has 0 aromatic heterocycles. The van der Waals surface area contributed by atoms with Crippen molar-refractivity contribution in [2.45, 2.75) is 12.8 Å². The quantitative estimate of drug-likeness (QED) is 0.679. The van der Waals surface area contributed by atoms with Crippen LogP contribution < -0.4 is 14.8 Å². The minimum atomic E-state index is -0.628. The third-order valence-electron chi connectivity index (χ3n) is 4.21. The van der Waals surface area contributed by atoms with E-state index in [2.05, 4.69) is 10.1 Å². The fourth-order valence-corrected chi connectivity index (χ4v) is 2.69. The molecule has 2 rings (SSSR count). The number of hydrogen-bond acceptors (Lipinski definition) is 7. The number of anilines is 1. The number of hydrogen-bond donors (Lipinski definition) is 1. The van der Waals surface area contributed by atoms with E-state index in [0.29, 0.717) is 17.9 Å². The lowest BCUT2D eigenvalue weighted by Crippen LogP contribution is -2.17. The Balaban J connectivity index is 2.15. The SMILES string of the molecule is COC(=O)c1ccc(C(=O)OC)c(NC(=O)CCc2ccc(OC)c(OC)c2)c1. The first kappa shape index (κ1) is 21.7. The summed E-state index contributed by atoms with van der Waals surface area (Å²) in [5.41, 5.74) is 1.40. The second-order valence-corrected chi connectivity index (χ2v) is 5.98. The maximum atomic E-state index is 12.4. The second kappa shape index (κ2) is 10.1. The molecular formula is C21H23NO7. The van der Waals surface area contributed by atoms with Crippen molar-refractivity contribution in [3.8, 4) is 11.5 Å². The first-order chi connectivity index (χ1) is 13.9.